The lowest BCUT2D eigenvalue weighted by Gasteiger charge is -2.05. The van der Waals surface area contributed by atoms with Crippen molar-refractivity contribution in [3.05, 3.63) is 59.1 Å². The molecule has 1 aromatic heterocycles. The van der Waals surface area contributed by atoms with Gasteiger partial charge < -0.3 is 9.73 Å². The summed E-state index contributed by atoms with van der Waals surface area (Å²) in [6.45, 7) is 2.12. The van der Waals surface area contributed by atoms with E-state index in [9.17, 15) is 13.6 Å². The summed E-state index contributed by atoms with van der Waals surface area (Å²) in [4.78, 5) is 12.1. The SMILES string of the molecule is C[C@@H]1C[C@H]1c1ccc(/C=C(\C#N)C(=O)Nc2ccc(F)cc2F)o1. The molecule has 1 amide bonds. The van der Waals surface area contributed by atoms with Crippen LogP contribution in [0.5, 0.6) is 0 Å². The molecule has 0 radical (unpaired) electrons. The number of amides is 1. The van der Waals surface area contributed by atoms with Crippen LogP contribution in [-0.2, 0) is 4.79 Å². The highest BCUT2D eigenvalue weighted by atomic mass is 19.1. The molecule has 0 unspecified atom stereocenters. The van der Waals surface area contributed by atoms with Crippen LogP contribution in [-0.4, -0.2) is 5.91 Å². The molecule has 3 rings (SSSR count). The van der Waals surface area contributed by atoms with Gasteiger partial charge in [-0.3, -0.25) is 4.79 Å². The molecule has 1 aliphatic rings. The number of hydrogen-bond acceptors (Lipinski definition) is 3. The maximum absolute atomic E-state index is 13.6. The number of carbonyl (C=O) groups is 1. The predicted octanol–water partition coefficient (Wildman–Crippen LogP) is 4.23. The van der Waals surface area contributed by atoms with Crippen molar-refractivity contribution in [3.63, 3.8) is 0 Å². The third-order valence-corrected chi connectivity index (χ3v) is 3.95. The van der Waals surface area contributed by atoms with Crippen molar-refractivity contribution in [3.8, 4) is 6.07 Å². The van der Waals surface area contributed by atoms with Gasteiger partial charge in [0, 0.05) is 18.1 Å². The third kappa shape index (κ3) is 3.35. The highest BCUT2D eigenvalue weighted by Gasteiger charge is 2.36. The first-order chi connectivity index (χ1) is 11.5. The van der Waals surface area contributed by atoms with Gasteiger partial charge in [-0.05, 0) is 36.6 Å². The Morgan fingerprint density at radius 3 is 2.75 bits per heavy atom. The minimum absolute atomic E-state index is 0.200. The van der Waals surface area contributed by atoms with E-state index in [-0.39, 0.29) is 11.3 Å². The zero-order chi connectivity index (χ0) is 17.3. The Balaban J connectivity index is 1.76. The van der Waals surface area contributed by atoms with Gasteiger partial charge in [-0.15, -0.1) is 0 Å². The summed E-state index contributed by atoms with van der Waals surface area (Å²) in [5.74, 6) is -0.275. The number of anilines is 1. The van der Waals surface area contributed by atoms with E-state index in [1.165, 1.54) is 6.08 Å². The number of benzene rings is 1. The van der Waals surface area contributed by atoms with Crippen molar-refractivity contribution < 1.29 is 18.0 Å². The molecular formula is C18H14F2N2O2. The van der Waals surface area contributed by atoms with Gasteiger partial charge in [0.1, 0.15) is 34.8 Å². The van der Waals surface area contributed by atoms with Crippen LogP contribution in [0.2, 0.25) is 0 Å². The van der Waals surface area contributed by atoms with Crippen LogP contribution in [0.15, 0.2) is 40.3 Å². The normalized spacial score (nSPS) is 19.7. The molecule has 2 aromatic rings. The quantitative estimate of drug-likeness (QED) is 0.675. The van der Waals surface area contributed by atoms with Crippen molar-refractivity contribution >= 4 is 17.7 Å². The molecule has 6 heteroatoms. The maximum atomic E-state index is 13.6. The number of nitrogens with one attached hydrogen (secondary N) is 1. The van der Waals surface area contributed by atoms with E-state index in [1.54, 1.807) is 12.1 Å². The minimum Gasteiger partial charge on any atom is -0.461 e. The highest BCUT2D eigenvalue weighted by molar-refractivity contribution is 6.09. The Morgan fingerprint density at radius 1 is 1.38 bits per heavy atom. The minimum atomic E-state index is -0.913. The van der Waals surface area contributed by atoms with Crippen LogP contribution in [0, 0.1) is 28.9 Å². The first kappa shape index (κ1) is 15.9. The fraction of sp³-hybridized carbons (Fsp3) is 0.222. The van der Waals surface area contributed by atoms with E-state index >= 15 is 0 Å². The number of nitrogens with zero attached hydrogens (tertiary/aromatic N) is 1. The Hall–Kier alpha value is -2.94. The molecule has 4 nitrogen and oxygen atoms in total. The molecule has 1 N–H and O–H groups in total. The lowest BCUT2D eigenvalue weighted by molar-refractivity contribution is -0.112. The maximum Gasteiger partial charge on any atom is 0.266 e. The zero-order valence-corrected chi connectivity index (χ0v) is 12.8. The summed E-state index contributed by atoms with van der Waals surface area (Å²) in [6, 6.07) is 8.03. The van der Waals surface area contributed by atoms with Gasteiger partial charge in [0.2, 0.25) is 0 Å². The van der Waals surface area contributed by atoms with Crippen molar-refractivity contribution in [2.75, 3.05) is 5.32 Å². The Bertz CT molecular complexity index is 864. The van der Waals surface area contributed by atoms with Crippen molar-refractivity contribution in [2.24, 2.45) is 5.92 Å². The molecule has 1 saturated carbocycles. The average molecular weight is 328 g/mol. The molecule has 2 atom stereocenters. The number of nitriles is 1. The standard InChI is InChI=1S/C18H14F2N2O2/c1-10-6-14(10)17-5-3-13(24-17)7-11(9-21)18(23)22-16-4-2-12(19)8-15(16)20/h2-5,7-8,10,14H,6H2,1H3,(H,22,23)/b11-7+/t10-,14-/m1/s1. The second-order valence-corrected chi connectivity index (χ2v) is 5.81. The number of rotatable bonds is 4. The number of carbonyl (C=O) groups excluding carboxylic acids is 1. The van der Waals surface area contributed by atoms with Gasteiger partial charge in [-0.1, -0.05) is 6.92 Å². The Labute approximate surface area is 137 Å². The Morgan fingerprint density at radius 2 is 2.12 bits per heavy atom. The monoisotopic (exact) mass is 328 g/mol. The van der Waals surface area contributed by atoms with E-state index in [4.69, 9.17) is 9.68 Å². The van der Waals surface area contributed by atoms with Crippen LogP contribution >= 0.6 is 0 Å². The first-order valence-corrected chi connectivity index (χ1v) is 7.46. The molecule has 1 aliphatic carbocycles. The van der Waals surface area contributed by atoms with E-state index < -0.39 is 17.5 Å². The number of furan rings is 1. The van der Waals surface area contributed by atoms with E-state index in [0.29, 0.717) is 23.7 Å². The molecule has 122 valence electrons. The predicted molar refractivity (Wildman–Crippen MR) is 83.8 cm³/mol. The lowest BCUT2D eigenvalue weighted by Crippen LogP contribution is -2.14. The highest BCUT2D eigenvalue weighted by Crippen LogP contribution is 2.47. The van der Waals surface area contributed by atoms with Gasteiger partial charge in [0.25, 0.3) is 5.91 Å². The van der Waals surface area contributed by atoms with E-state index in [0.717, 1.165) is 24.3 Å². The molecule has 1 heterocycles. The van der Waals surface area contributed by atoms with Crippen molar-refractivity contribution in [1.29, 1.82) is 5.26 Å². The lowest BCUT2D eigenvalue weighted by atomic mass is 10.2. The molecule has 0 bridgehead atoms. The zero-order valence-electron chi connectivity index (χ0n) is 12.8. The van der Waals surface area contributed by atoms with Crippen LogP contribution in [0.4, 0.5) is 14.5 Å². The Kier molecular flexibility index (Phi) is 4.17. The van der Waals surface area contributed by atoms with E-state index in [2.05, 4.69) is 12.2 Å². The first-order valence-electron chi connectivity index (χ1n) is 7.46. The van der Waals surface area contributed by atoms with Crippen LogP contribution in [0.1, 0.15) is 30.8 Å². The van der Waals surface area contributed by atoms with Gasteiger partial charge in [-0.2, -0.15) is 5.26 Å². The van der Waals surface area contributed by atoms with Crippen LogP contribution in [0.3, 0.4) is 0 Å². The van der Waals surface area contributed by atoms with Gasteiger partial charge in [0.15, 0.2) is 0 Å². The second-order valence-electron chi connectivity index (χ2n) is 5.81. The largest absolute Gasteiger partial charge is 0.461 e. The summed E-state index contributed by atoms with van der Waals surface area (Å²) >= 11 is 0. The van der Waals surface area contributed by atoms with Gasteiger partial charge in [0.05, 0.1) is 5.69 Å². The van der Waals surface area contributed by atoms with Crippen molar-refractivity contribution in [1.82, 2.24) is 0 Å². The smallest absolute Gasteiger partial charge is 0.266 e. The third-order valence-electron chi connectivity index (χ3n) is 3.95. The second kappa shape index (κ2) is 6.28. The summed E-state index contributed by atoms with van der Waals surface area (Å²) in [5, 5.41) is 11.4. The fourth-order valence-corrected chi connectivity index (χ4v) is 2.44. The fourth-order valence-electron chi connectivity index (χ4n) is 2.44. The molecule has 0 aliphatic heterocycles. The molecule has 24 heavy (non-hydrogen) atoms. The summed E-state index contributed by atoms with van der Waals surface area (Å²) in [7, 11) is 0. The molecule has 0 spiro atoms. The molecular weight excluding hydrogens is 314 g/mol. The summed E-state index contributed by atoms with van der Waals surface area (Å²) in [5.41, 5.74) is -0.432. The summed E-state index contributed by atoms with van der Waals surface area (Å²) in [6.07, 6.45) is 2.36. The van der Waals surface area contributed by atoms with Crippen molar-refractivity contribution in [2.45, 2.75) is 19.3 Å². The van der Waals surface area contributed by atoms with Crippen LogP contribution < -0.4 is 5.32 Å². The van der Waals surface area contributed by atoms with E-state index in [1.807, 2.05) is 6.07 Å². The average Bonchev–Trinajstić information content (AvgIpc) is 3.09. The van der Waals surface area contributed by atoms with Crippen LogP contribution in [0.25, 0.3) is 6.08 Å². The molecule has 1 aromatic carbocycles. The number of halogens is 2. The molecule has 0 saturated heterocycles. The van der Waals surface area contributed by atoms with Gasteiger partial charge in [-0.25, -0.2) is 8.78 Å². The topological polar surface area (TPSA) is 66.0 Å². The number of hydrogen-bond donors (Lipinski definition) is 1. The molecule has 1 fully saturated rings. The van der Waals surface area contributed by atoms with Gasteiger partial charge >= 0.3 is 0 Å². The summed E-state index contributed by atoms with van der Waals surface area (Å²) < 4.78 is 32.1.